The summed E-state index contributed by atoms with van der Waals surface area (Å²) in [5.74, 6) is 0.782. The van der Waals surface area contributed by atoms with Crippen molar-refractivity contribution < 1.29 is 4.74 Å². The fraction of sp³-hybridized carbons (Fsp3) is 0.136. The molecular formula is C22H20BrNO. The molecule has 0 radical (unpaired) electrons. The van der Waals surface area contributed by atoms with Gasteiger partial charge in [-0.3, -0.25) is 0 Å². The minimum absolute atomic E-state index is 0.397. The van der Waals surface area contributed by atoms with Crippen molar-refractivity contribution in [3.05, 3.63) is 94.2 Å². The maximum absolute atomic E-state index is 9.21. The van der Waals surface area contributed by atoms with Gasteiger partial charge in [0.2, 0.25) is 0 Å². The highest BCUT2D eigenvalue weighted by molar-refractivity contribution is 9.10. The van der Waals surface area contributed by atoms with Crippen molar-refractivity contribution in [3.8, 4) is 17.2 Å². The van der Waals surface area contributed by atoms with Gasteiger partial charge >= 0.3 is 0 Å². The summed E-state index contributed by atoms with van der Waals surface area (Å²) < 4.78 is 7.00. The normalized spacial score (nSPS) is 11.8. The minimum atomic E-state index is 0.397. The number of nitrogens with zero attached hydrogens (tertiary/aromatic N) is 1. The lowest BCUT2D eigenvalue weighted by Gasteiger charge is -2.13. The summed E-state index contributed by atoms with van der Waals surface area (Å²) in [5, 5.41) is 9.21. The predicted octanol–water partition coefficient (Wildman–Crippen LogP) is 6.54. The van der Waals surface area contributed by atoms with Gasteiger partial charge in [-0.1, -0.05) is 52.4 Å². The van der Waals surface area contributed by atoms with E-state index >= 15 is 0 Å². The highest BCUT2D eigenvalue weighted by Crippen LogP contribution is 2.27. The molecule has 0 aliphatic carbocycles. The Kier molecular flexibility index (Phi) is 7.25. The van der Waals surface area contributed by atoms with Crippen molar-refractivity contribution in [1.29, 1.82) is 5.26 Å². The first-order chi connectivity index (χ1) is 12.2. The molecule has 0 fully saturated rings. The summed E-state index contributed by atoms with van der Waals surface area (Å²) in [7, 11) is 0. The number of hydrogen-bond acceptors (Lipinski definition) is 2. The maximum Gasteiger partial charge on any atom is 0.119 e. The summed E-state index contributed by atoms with van der Waals surface area (Å²) in [5.41, 5.74) is 3.77. The van der Waals surface area contributed by atoms with E-state index < -0.39 is 0 Å². The molecule has 0 aliphatic rings. The second-order valence-electron chi connectivity index (χ2n) is 5.37. The van der Waals surface area contributed by atoms with E-state index in [0.717, 1.165) is 26.9 Å². The minimum Gasteiger partial charge on any atom is -0.489 e. The summed E-state index contributed by atoms with van der Waals surface area (Å²) in [6.07, 6.45) is 9.69. The first kappa shape index (κ1) is 18.8. The SMILES string of the molecule is C\C=C/C=C(\C=C/C)OCc1cc(C#N)ccc1-c1ccc(Br)cc1. The molecule has 0 aliphatic heterocycles. The van der Waals surface area contributed by atoms with Crippen molar-refractivity contribution >= 4 is 15.9 Å². The number of ether oxygens (including phenoxy) is 1. The lowest BCUT2D eigenvalue weighted by Crippen LogP contribution is -1.96. The van der Waals surface area contributed by atoms with Crippen LogP contribution in [0.1, 0.15) is 25.0 Å². The second-order valence-corrected chi connectivity index (χ2v) is 6.29. The number of nitriles is 1. The van der Waals surface area contributed by atoms with Gasteiger partial charge in [0.15, 0.2) is 0 Å². The topological polar surface area (TPSA) is 33.0 Å². The molecule has 2 nitrogen and oxygen atoms in total. The second kappa shape index (κ2) is 9.66. The zero-order valence-electron chi connectivity index (χ0n) is 14.4. The third-order valence-corrected chi connectivity index (χ3v) is 4.10. The molecule has 0 N–H and O–H groups in total. The average Bonchev–Trinajstić information content (AvgIpc) is 2.64. The van der Waals surface area contributed by atoms with Crippen molar-refractivity contribution in [2.45, 2.75) is 20.5 Å². The quantitative estimate of drug-likeness (QED) is 0.412. The van der Waals surface area contributed by atoms with Crippen LogP contribution in [0.4, 0.5) is 0 Å². The van der Waals surface area contributed by atoms with Crippen LogP contribution < -0.4 is 0 Å². The van der Waals surface area contributed by atoms with Crippen LogP contribution in [0.5, 0.6) is 0 Å². The van der Waals surface area contributed by atoms with E-state index in [1.54, 1.807) is 0 Å². The average molecular weight is 394 g/mol. The van der Waals surface area contributed by atoms with Gasteiger partial charge in [0, 0.05) is 4.47 Å². The summed E-state index contributed by atoms with van der Waals surface area (Å²) >= 11 is 3.46. The first-order valence-electron chi connectivity index (χ1n) is 8.05. The number of allylic oxidation sites excluding steroid dienone is 5. The Labute approximate surface area is 157 Å². The van der Waals surface area contributed by atoms with E-state index in [0.29, 0.717) is 12.2 Å². The molecule has 2 aromatic carbocycles. The van der Waals surface area contributed by atoms with Gasteiger partial charge in [-0.2, -0.15) is 5.26 Å². The molecule has 2 rings (SSSR count). The lowest BCUT2D eigenvalue weighted by atomic mass is 9.98. The number of halogens is 1. The Bertz CT molecular complexity index is 839. The zero-order valence-corrected chi connectivity index (χ0v) is 16.0. The van der Waals surface area contributed by atoms with Gasteiger partial charge in [-0.25, -0.2) is 0 Å². The summed E-state index contributed by atoms with van der Waals surface area (Å²) in [4.78, 5) is 0. The molecule has 0 atom stereocenters. The maximum atomic E-state index is 9.21. The van der Waals surface area contributed by atoms with Gasteiger partial charge in [-0.05, 0) is 67.0 Å². The van der Waals surface area contributed by atoms with Gasteiger partial charge in [-0.15, -0.1) is 0 Å². The Morgan fingerprint density at radius 2 is 1.88 bits per heavy atom. The van der Waals surface area contributed by atoms with Crippen LogP contribution in [-0.4, -0.2) is 0 Å². The molecule has 25 heavy (non-hydrogen) atoms. The number of hydrogen-bond donors (Lipinski definition) is 0. The van der Waals surface area contributed by atoms with Crippen LogP contribution in [0.2, 0.25) is 0 Å². The highest BCUT2D eigenvalue weighted by Gasteiger charge is 2.08. The van der Waals surface area contributed by atoms with Crippen molar-refractivity contribution in [3.63, 3.8) is 0 Å². The molecule has 0 bridgehead atoms. The zero-order chi connectivity index (χ0) is 18.1. The van der Waals surface area contributed by atoms with Crippen molar-refractivity contribution in [2.75, 3.05) is 0 Å². The van der Waals surface area contributed by atoms with Gasteiger partial charge in [0.1, 0.15) is 12.4 Å². The summed E-state index contributed by atoms with van der Waals surface area (Å²) in [6.45, 7) is 4.32. The Morgan fingerprint density at radius 3 is 2.52 bits per heavy atom. The molecule has 0 heterocycles. The third-order valence-electron chi connectivity index (χ3n) is 3.57. The highest BCUT2D eigenvalue weighted by atomic mass is 79.9. The third kappa shape index (κ3) is 5.48. The van der Waals surface area contributed by atoms with E-state index in [2.05, 4.69) is 34.1 Å². The Hall–Kier alpha value is -2.57. The fourth-order valence-electron chi connectivity index (χ4n) is 2.36. The Morgan fingerprint density at radius 1 is 1.12 bits per heavy atom. The van der Waals surface area contributed by atoms with E-state index in [-0.39, 0.29) is 0 Å². The standard InChI is InChI=1S/C22H20BrNO/c1-3-5-7-21(6-4-2)25-16-19-14-17(15-24)8-13-22(19)18-9-11-20(23)12-10-18/h3-14H,16H2,1-2H3/b5-3-,6-4-,21-7+. The van der Waals surface area contributed by atoms with E-state index in [1.165, 1.54) is 0 Å². The van der Waals surface area contributed by atoms with Crippen LogP contribution >= 0.6 is 15.9 Å². The van der Waals surface area contributed by atoms with Crippen LogP contribution in [0.25, 0.3) is 11.1 Å². The molecule has 0 spiro atoms. The van der Waals surface area contributed by atoms with E-state index in [9.17, 15) is 5.26 Å². The molecule has 0 saturated carbocycles. The molecule has 0 amide bonds. The lowest BCUT2D eigenvalue weighted by molar-refractivity contribution is 0.211. The smallest absolute Gasteiger partial charge is 0.119 e. The number of rotatable bonds is 6. The van der Waals surface area contributed by atoms with E-state index in [1.807, 2.05) is 74.6 Å². The van der Waals surface area contributed by atoms with Crippen LogP contribution in [-0.2, 0) is 11.3 Å². The number of benzene rings is 2. The molecule has 2 aromatic rings. The van der Waals surface area contributed by atoms with Crippen LogP contribution in [0.3, 0.4) is 0 Å². The van der Waals surface area contributed by atoms with Crippen molar-refractivity contribution in [1.82, 2.24) is 0 Å². The van der Waals surface area contributed by atoms with Gasteiger partial charge in [0.05, 0.1) is 11.6 Å². The molecule has 0 unspecified atom stereocenters. The molecule has 0 saturated heterocycles. The molecule has 3 heteroatoms. The fourth-order valence-corrected chi connectivity index (χ4v) is 2.63. The largest absolute Gasteiger partial charge is 0.489 e. The summed E-state index contributed by atoms with van der Waals surface area (Å²) in [6, 6.07) is 16.0. The molecule has 126 valence electrons. The van der Waals surface area contributed by atoms with Gasteiger partial charge < -0.3 is 4.74 Å². The van der Waals surface area contributed by atoms with Crippen LogP contribution in [0.15, 0.2) is 83.1 Å². The first-order valence-corrected chi connectivity index (χ1v) is 8.84. The predicted molar refractivity (Wildman–Crippen MR) is 107 cm³/mol. The van der Waals surface area contributed by atoms with Crippen molar-refractivity contribution in [2.24, 2.45) is 0 Å². The van der Waals surface area contributed by atoms with Crippen LogP contribution in [0, 0.1) is 11.3 Å². The van der Waals surface area contributed by atoms with Gasteiger partial charge in [0.25, 0.3) is 0 Å². The monoisotopic (exact) mass is 393 g/mol. The van der Waals surface area contributed by atoms with E-state index in [4.69, 9.17) is 4.74 Å². The molecule has 0 aromatic heterocycles. The molecular weight excluding hydrogens is 374 g/mol. The Balaban J connectivity index is 2.34.